The fourth-order valence-electron chi connectivity index (χ4n) is 2.13. The van der Waals surface area contributed by atoms with E-state index < -0.39 is 22.3 Å². The molecule has 1 atom stereocenters. The Labute approximate surface area is 109 Å². The molecule has 7 heteroatoms. The quantitative estimate of drug-likeness (QED) is 0.643. The molecule has 1 aromatic rings. The van der Waals surface area contributed by atoms with Crippen LogP contribution in [-0.2, 0) is 4.79 Å². The number of nitro benzene ring substituents is 1. The van der Waals surface area contributed by atoms with Gasteiger partial charge < -0.3 is 10.6 Å². The monoisotopic (exact) mass is 267 g/mol. The van der Waals surface area contributed by atoms with Crippen molar-refractivity contribution in [2.45, 2.75) is 25.3 Å². The van der Waals surface area contributed by atoms with Gasteiger partial charge >= 0.3 is 0 Å². The Morgan fingerprint density at radius 2 is 2.37 bits per heavy atom. The van der Waals surface area contributed by atoms with Crippen LogP contribution in [0.3, 0.4) is 0 Å². The lowest BCUT2D eigenvalue weighted by Gasteiger charge is -2.11. The molecule has 1 heterocycles. The van der Waals surface area contributed by atoms with Gasteiger partial charge in [0.2, 0.25) is 5.91 Å². The van der Waals surface area contributed by atoms with Gasteiger partial charge in [0.05, 0.1) is 4.92 Å². The number of nitro groups is 1. The van der Waals surface area contributed by atoms with E-state index in [1.54, 1.807) is 0 Å². The molecule has 1 aromatic carbocycles. The van der Waals surface area contributed by atoms with E-state index in [1.807, 2.05) is 0 Å². The maximum atomic E-state index is 13.5. The fourth-order valence-corrected chi connectivity index (χ4v) is 2.13. The zero-order valence-electron chi connectivity index (χ0n) is 10.2. The molecule has 1 fully saturated rings. The number of carbonyl (C=O) groups excluding carboxylic acids is 1. The Hall–Kier alpha value is -2.02. The summed E-state index contributed by atoms with van der Waals surface area (Å²) in [5.74, 6) is -1.23. The number of nitrogens with one attached hydrogen (secondary N) is 2. The topological polar surface area (TPSA) is 84.3 Å². The minimum absolute atomic E-state index is 0.0610. The van der Waals surface area contributed by atoms with Gasteiger partial charge in [0.1, 0.15) is 0 Å². The highest BCUT2D eigenvalue weighted by molar-refractivity contribution is 5.93. The van der Waals surface area contributed by atoms with Crippen LogP contribution in [0.15, 0.2) is 18.2 Å². The number of rotatable bonds is 4. The summed E-state index contributed by atoms with van der Waals surface area (Å²) in [5.41, 5.74) is -0.803. The first kappa shape index (κ1) is 13.4. The Balaban J connectivity index is 2.09. The Morgan fingerprint density at radius 1 is 1.58 bits per heavy atom. The SMILES string of the molecule is O=C(CC1CCCN1)Nc1c(F)cccc1[N+](=O)[O-]. The van der Waals surface area contributed by atoms with E-state index in [2.05, 4.69) is 10.6 Å². The van der Waals surface area contributed by atoms with Crippen LogP contribution in [0.1, 0.15) is 19.3 Å². The van der Waals surface area contributed by atoms with Gasteiger partial charge in [-0.05, 0) is 25.5 Å². The molecule has 6 nitrogen and oxygen atoms in total. The second-order valence-corrected chi connectivity index (χ2v) is 4.44. The van der Waals surface area contributed by atoms with Gasteiger partial charge in [-0.3, -0.25) is 14.9 Å². The first-order valence-electron chi connectivity index (χ1n) is 6.04. The number of nitrogens with zero attached hydrogens (tertiary/aromatic N) is 1. The number of anilines is 1. The van der Waals surface area contributed by atoms with Crippen molar-refractivity contribution in [3.8, 4) is 0 Å². The molecule has 1 saturated heterocycles. The van der Waals surface area contributed by atoms with E-state index in [0.29, 0.717) is 0 Å². The molecule has 1 aliphatic heterocycles. The first-order valence-corrected chi connectivity index (χ1v) is 6.04. The van der Waals surface area contributed by atoms with Crippen LogP contribution < -0.4 is 10.6 Å². The molecule has 0 bridgehead atoms. The largest absolute Gasteiger partial charge is 0.318 e. The molecular weight excluding hydrogens is 253 g/mol. The zero-order valence-corrected chi connectivity index (χ0v) is 10.2. The van der Waals surface area contributed by atoms with Gasteiger partial charge in [-0.25, -0.2) is 4.39 Å². The van der Waals surface area contributed by atoms with Gasteiger partial charge in [-0.15, -0.1) is 0 Å². The Bertz CT molecular complexity index is 501. The summed E-state index contributed by atoms with van der Waals surface area (Å²) in [7, 11) is 0. The predicted octanol–water partition coefficient (Wildman–Crippen LogP) is 1.81. The molecule has 19 heavy (non-hydrogen) atoms. The van der Waals surface area contributed by atoms with E-state index in [4.69, 9.17) is 0 Å². The van der Waals surface area contributed by atoms with Crippen molar-refractivity contribution in [3.05, 3.63) is 34.1 Å². The highest BCUT2D eigenvalue weighted by Gasteiger charge is 2.22. The number of benzene rings is 1. The standard InChI is InChI=1S/C12H14FN3O3/c13-9-4-1-5-10(16(18)19)12(9)15-11(17)7-8-3-2-6-14-8/h1,4-5,8,14H,2-3,6-7H2,(H,15,17). The molecule has 0 spiro atoms. The number of amides is 1. The summed E-state index contributed by atoms with van der Waals surface area (Å²) in [6.45, 7) is 0.859. The third-order valence-corrected chi connectivity index (χ3v) is 3.05. The van der Waals surface area contributed by atoms with E-state index in [0.717, 1.165) is 31.5 Å². The molecule has 0 aliphatic carbocycles. The second-order valence-electron chi connectivity index (χ2n) is 4.44. The molecular formula is C12H14FN3O3. The summed E-state index contributed by atoms with van der Waals surface area (Å²) in [5, 5.41) is 16.2. The van der Waals surface area contributed by atoms with Crippen molar-refractivity contribution in [1.29, 1.82) is 0 Å². The van der Waals surface area contributed by atoms with Crippen molar-refractivity contribution in [3.63, 3.8) is 0 Å². The molecule has 2 rings (SSSR count). The summed E-state index contributed by atoms with van der Waals surface area (Å²) < 4.78 is 13.5. The van der Waals surface area contributed by atoms with Crippen LogP contribution in [0.2, 0.25) is 0 Å². The van der Waals surface area contributed by atoms with Crippen LogP contribution in [0.5, 0.6) is 0 Å². The summed E-state index contributed by atoms with van der Waals surface area (Å²) in [6.07, 6.45) is 2.07. The zero-order chi connectivity index (χ0) is 13.8. The third kappa shape index (κ3) is 3.25. The normalized spacial score (nSPS) is 18.3. The number of carbonyl (C=O) groups is 1. The van der Waals surface area contributed by atoms with Crippen LogP contribution in [0.4, 0.5) is 15.8 Å². The lowest BCUT2D eigenvalue weighted by atomic mass is 10.1. The maximum absolute atomic E-state index is 13.5. The van der Waals surface area contributed by atoms with Crippen molar-refractivity contribution in [1.82, 2.24) is 5.32 Å². The number of halogens is 1. The van der Waals surface area contributed by atoms with E-state index in [9.17, 15) is 19.3 Å². The number of para-hydroxylation sites is 1. The summed E-state index contributed by atoms with van der Waals surface area (Å²) in [4.78, 5) is 21.8. The first-order chi connectivity index (χ1) is 9.08. The molecule has 1 unspecified atom stereocenters. The molecule has 102 valence electrons. The van der Waals surface area contributed by atoms with Crippen LogP contribution in [-0.4, -0.2) is 23.4 Å². The smallest absolute Gasteiger partial charge is 0.295 e. The van der Waals surface area contributed by atoms with E-state index in [-0.39, 0.29) is 18.2 Å². The van der Waals surface area contributed by atoms with Crippen LogP contribution >= 0.6 is 0 Å². The van der Waals surface area contributed by atoms with E-state index >= 15 is 0 Å². The lowest BCUT2D eigenvalue weighted by Crippen LogP contribution is -2.27. The van der Waals surface area contributed by atoms with Crippen molar-refractivity contribution < 1.29 is 14.1 Å². The molecule has 0 saturated carbocycles. The van der Waals surface area contributed by atoms with Crippen molar-refractivity contribution in [2.75, 3.05) is 11.9 Å². The van der Waals surface area contributed by atoms with Crippen LogP contribution in [0.25, 0.3) is 0 Å². The van der Waals surface area contributed by atoms with Crippen LogP contribution in [0, 0.1) is 15.9 Å². The summed E-state index contributed by atoms with van der Waals surface area (Å²) >= 11 is 0. The average Bonchev–Trinajstić information content (AvgIpc) is 2.84. The average molecular weight is 267 g/mol. The molecule has 1 aliphatic rings. The Morgan fingerprint density at radius 3 is 3.00 bits per heavy atom. The highest BCUT2D eigenvalue weighted by atomic mass is 19.1. The molecule has 0 aromatic heterocycles. The van der Waals surface area contributed by atoms with E-state index in [1.165, 1.54) is 6.07 Å². The highest BCUT2D eigenvalue weighted by Crippen LogP contribution is 2.27. The third-order valence-electron chi connectivity index (χ3n) is 3.05. The predicted molar refractivity (Wildman–Crippen MR) is 67.3 cm³/mol. The molecule has 1 amide bonds. The van der Waals surface area contributed by atoms with Gasteiger partial charge in [0.25, 0.3) is 5.69 Å². The minimum Gasteiger partial charge on any atom is -0.318 e. The number of hydrogen-bond acceptors (Lipinski definition) is 4. The van der Waals surface area contributed by atoms with Gasteiger partial charge in [-0.1, -0.05) is 6.07 Å². The molecule has 0 radical (unpaired) electrons. The lowest BCUT2D eigenvalue weighted by molar-refractivity contribution is -0.384. The van der Waals surface area contributed by atoms with Crippen molar-refractivity contribution in [2.24, 2.45) is 0 Å². The van der Waals surface area contributed by atoms with Crippen molar-refractivity contribution >= 4 is 17.3 Å². The van der Waals surface area contributed by atoms with Gasteiger partial charge in [0, 0.05) is 18.5 Å². The summed E-state index contributed by atoms with van der Waals surface area (Å²) in [6, 6.07) is 3.54. The van der Waals surface area contributed by atoms with Gasteiger partial charge in [-0.2, -0.15) is 0 Å². The minimum atomic E-state index is -0.804. The molecule has 2 N–H and O–H groups in total. The fraction of sp³-hybridized carbons (Fsp3) is 0.417. The number of hydrogen-bond donors (Lipinski definition) is 2. The Kier molecular flexibility index (Phi) is 4.06. The van der Waals surface area contributed by atoms with Gasteiger partial charge in [0.15, 0.2) is 11.5 Å². The maximum Gasteiger partial charge on any atom is 0.295 e. The second kappa shape index (κ2) is 5.75.